The van der Waals surface area contributed by atoms with Crippen molar-refractivity contribution in [2.24, 2.45) is 13.0 Å². The summed E-state index contributed by atoms with van der Waals surface area (Å²) in [5, 5.41) is 8.15. The van der Waals surface area contributed by atoms with E-state index in [0.717, 1.165) is 49.0 Å². The highest BCUT2D eigenvalue weighted by Gasteiger charge is 2.23. The van der Waals surface area contributed by atoms with Crippen LogP contribution < -0.4 is 5.32 Å². The van der Waals surface area contributed by atoms with E-state index in [1.54, 1.807) is 11.6 Å². The average Bonchev–Trinajstić information content (AvgIpc) is 2.73. The highest BCUT2D eigenvalue weighted by Crippen LogP contribution is 2.24. The zero-order valence-electron chi connectivity index (χ0n) is 13.2. The molecule has 21 heavy (non-hydrogen) atoms. The highest BCUT2D eigenvalue weighted by atomic mass is 35.5. The molecule has 0 unspecified atom stereocenters. The SMILES string of the molecule is CCc1nn(C)c(Cl)c1CN1CCC[C@H](CNC(C)=O)C1. The van der Waals surface area contributed by atoms with Crippen LogP contribution in [0.1, 0.15) is 37.9 Å². The number of halogens is 1. The van der Waals surface area contributed by atoms with Crippen LogP contribution in [-0.4, -0.2) is 40.2 Å². The molecule has 0 spiro atoms. The number of aryl methyl sites for hydroxylation is 2. The molecule has 0 aromatic carbocycles. The Labute approximate surface area is 131 Å². The van der Waals surface area contributed by atoms with Crippen molar-refractivity contribution < 1.29 is 4.79 Å². The van der Waals surface area contributed by atoms with Crippen LogP contribution in [0.5, 0.6) is 0 Å². The molecule has 1 saturated heterocycles. The zero-order valence-corrected chi connectivity index (χ0v) is 13.9. The van der Waals surface area contributed by atoms with Crippen molar-refractivity contribution in [1.29, 1.82) is 0 Å². The molecule has 2 rings (SSSR count). The number of carbonyl (C=O) groups is 1. The summed E-state index contributed by atoms with van der Waals surface area (Å²) in [5.41, 5.74) is 2.24. The number of hydrogen-bond donors (Lipinski definition) is 1. The number of likely N-dealkylation sites (tertiary alicyclic amines) is 1. The zero-order chi connectivity index (χ0) is 15.4. The van der Waals surface area contributed by atoms with Crippen molar-refractivity contribution in [3.05, 3.63) is 16.4 Å². The lowest BCUT2D eigenvalue weighted by Crippen LogP contribution is -2.40. The van der Waals surface area contributed by atoms with Gasteiger partial charge in [0.05, 0.1) is 5.69 Å². The number of nitrogens with one attached hydrogen (secondary N) is 1. The van der Waals surface area contributed by atoms with E-state index in [1.807, 2.05) is 7.05 Å². The molecule has 1 aliphatic rings. The fourth-order valence-electron chi connectivity index (χ4n) is 3.01. The van der Waals surface area contributed by atoms with Crippen molar-refractivity contribution in [3.8, 4) is 0 Å². The summed E-state index contributed by atoms with van der Waals surface area (Å²) in [5.74, 6) is 0.582. The lowest BCUT2D eigenvalue weighted by molar-refractivity contribution is -0.119. The number of carbonyl (C=O) groups excluding carboxylic acids is 1. The van der Waals surface area contributed by atoms with Gasteiger partial charge in [-0.1, -0.05) is 18.5 Å². The standard InChI is InChI=1S/C15H25ClN4O/c1-4-14-13(15(16)19(3)18-14)10-20-7-5-6-12(9-20)8-17-11(2)21/h12H,4-10H2,1-3H3,(H,17,21)/t12-/m1/s1. The Kier molecular flexibility index (Phi) is 5.65. The fourth-order valence-corrected chi connectivity index (χ4v) is 3.22. The maximum atomic E-state index is 11.0. The molecule has 6 heteroatoms. The largest absolute Gasteiger partial charge is 0.356 e. The third-order valence-electron chi connectivity index (χ3n) is 4.11. The molecule has 1 amide bonds. The van der Waals surface area contributed by atoms with E-state index < -0.39 is 0 Å². The molecule has 118 valence electrons. The minimum atomic E-state index is 0.0516. The van der Waals surface area contributed by atoms with E-state index >= 15 is 0 Å². The summed E-state index contributed by atoms with van der Waals surface area (Å²) in [7, 11) is 1.89. The quantitative estimate of drug-likeness (QED) is 0.904. The first kappa shape index (κ1) is 16.3. The van der Waals surface area contributed by atoms with Crippen LogP contribution in [-0.2, 0) is 24.8 Å². The van der Waals surface area contributed by atoms with Crippen molar-refractivity contribution in [2.75, 3.05) is 19.6 Å². The van der Waals surface area contributed by atoms with Crippen LogP contribution in [0.3, 0.4) is 0 Å². The first-order chi connectivity index (χ1) is 10.0. The molecule has 1 atom stereocenters. The first-order valence-electron chi connectivity index (χ1n) is 7.68. The maximum Gasteiger partial charge on any atom is 0.216 e. The Balaban J connectivity index is 1.98. The Hall–Kier alpha value is -1.07. The van der Waals surface area contributed by atoms with Gasteiger partial charge in [0.15, 0.2) is 0 Å². The van der Waals surface area contributed by atoms with Gasteiger partial charge in [-0.3, -0.25) is 14.4 Å². The van der Waals surface area contributed by atoms with Gasteiger partial charge in [-0.05, 0) is 31.7 Å². The maximum absolute atomic E-state index is 11.0. The van der Waals surface area contributed by atoms with Crippen molar-refractivity contribution in [3.63, 3.8) is 0 Å². The summed E-state index contributed by atoms with van der Waals surface area (Å²) in [6, 6.07) is 0. The Morgan fingerprint density at radius 3 is 2.95 bits per heavy atom. The molecule has 5 nitrogen and oxygen atoms in total. The molecule has 1 aromatic rings. The van der Waals surface area contributed by atoms with Crippen molar-refractivity contribution >= 4 is 17.5 Å². The number of nitrogens with zero attached hydrogens (tertiary/aromatic N) is 3. The third-order valence-corrected chi connectivity index (χ3v) is 4.58. The molecule has 0 bridgehead atoms. The van der Waals surface area contributed by atoms with Gasteiger partial charge >= 0.3 is 0 Å². The molecular weight excluding hydrogens is 288 g/mol. The third kappa shape index (κ3) is 4.20. The number of amides is 1. The Bertz CT molecular complexity index is 500. The van der Waals surface area contributed by atoms with Crippen LogP contribution in [0.4, 0.5) is 0 Å². The molecule has 0 saturated carbocycles. The molecule has 0 radical (unpaired) electrons. The number of rotatable bonds is 5. The second-order valence-corrected chi connectivity index (χ2v) is 6.23. The molecular formula is C15H25ClN4O. The summed E-state index contributed by atoms with van der Waals surface area (Å²) in [4.78, 5) is 13.5. The predicted octanol–water partition coefficient (Wildman–Crippen LogP) is 1.98. The molecule has 1 fully saturated rings. The molecule has 0 aliphatic carbocycles. The number of hydrogen-bond acceptors (Lipinski definition) is 3. The van der Waals surface area contributed by atoms with Crippen molar-refractivity contribution in [2.45, 2.75) is 39.7 Å². The number of piperidine rings is 1. The Morgan fingerprint density at radius 1 is 1.52 bits per heavy atom. The summed E-state index contributed by atoms with van der Waals surface area (Å²) in [6.45, 7) is 7.40. The Morgan fingerprint density at radius 2 is 2.29 bits per heavy atom. The normalized spacial score (nSPS) is 19.7. The van der Waals surface area contributed by atoms with Gasteiger partial charge in [-0.15, -0.1) is 0 Å². The minimum absolute atomic E-state index is 0.0516. The van der Waals surface area contributed by atoms with Gasteiger partial charge in [0.2, 0.25) is 5.91 Å². The second-order valence-electron chi connectivity index (χ2n) is 5.87. The fraction of sp³-hybridized carbons (Fsp3) is 0.733. The van der Waals surface area contributed by atoms with E-state index in [4.69, 9.17) is 11.6 Å². The minimum Gasteiger partial charge on any atom is -0.356 e. The summed E-state index contributed by atoms with van der Waals surface area (Å²) >= 11 is 6.37. The lowest BCUT2D eigenvalue weighted by atomic mass is 9.97. The van der Waals surface area contributed by atoms with Gasteiger partial charge < -0.3 is 5.32 Å². The number of aromatic nitrogens is 2. The van der Waals surface area contributed by atoms with Gasteiger partial charge in [0, 0.05) is 39.2 Å². The van der Waals surface area contributed by atoms with E-state index in [9.17, 15) is 4.79 Å². The van der Waals surface area contributed by atoms with Crippen LogP contribution in [0.15, 0.2) is 0 Å². The van der Waals surface area contributed by atoms with Gasteiger partial charge in [-0.25, -0.2) is 0 Å². The smallest absolute Gasteiger partial charge is 0.216 e. The van der Waals surface area contributed by atoms with Crippen LogP contribution >= 0.6 is 11.6 Å². The molecule has 1 aromatic heterocycles. The van der Waals surface area contributed by atoms with Gasteiger partial charge in [0.25, 0.3) is 0 Å². The predicted molar refractivity (Wildman–Crippen MR) is 84.3 cm³/mol. The van der Waals surface area contributed by atoms with E-state index in [0.29, 0.717) is 5.92 Å². The van der Waals surface area contributed by atoms with Crippen LogP contribution in [0.2, 0.25) is 5.15 Å². The van der Waals surface area contributed by atoms with Crippen molar-refractivity contribution in [1.82, 2.24) is 20.0 Å². The highest BCUT2D eigenvalue weighted by molar-refractivity contribution is 6.30. The molecule has 1 aliphatic heterocycles. The topological polar surface area (TPSA) is 50.2 Å². The van der Waals surface area contributed by atoms with Gasteiger partial charge in [-0.2, -0.15) is 5.10 Å². The van der Waals surface area contributed by atoms with Gasteiger partial charge in [0.1, 0.15) is 5.15 Å². The molecule has 1 N–H and O–H groups in total. The summed E-state index contributed by atoms with van der Waals surface area (Å²) < 4.78 is 1.76. The first-order valence-corrected chi connectivity index (χ1v) is 8.06. The van der Waals surface area contributed by atoms with Crippen LogP contribution in [0, 0.1) is 5.92 Å². The summed E-state index contributed by atoms with van der Waals surface area (Å²) in [6.07, 6.45) is 3.25. The lowest BCUT2D eigenvalue weighted by Gasteiger charge is -2.32. The monoisotopic (exact) mass is 312 g/mol. The average molecular weight is 313 g/mol. The second kappa shape index (κ2) is 7.27. The van der Waals surface area contributed by atoms with Crippen LogP contribution in [0.25, 0.3) is 0 Å². The van der Waals surface area contributed by atoms with E-state index in [-0.39, 0.29) is 5.91 Å². The van der Waals surface area contributed by atoms with E-state index in [2.05, 4.69) is 22.2 Å². The molecule has 2 heterocycles. The van der Waals surface area contributed by atoms with E-state index in [1.165, 1.54) is 12.8 Å².